The standard InChI is InChI=1S/C22H19Cl2N7/c23-16-5-14-7-17(9-26-8-13-3-1-2-4-18(13)24)30-19(14)15(6-16)10-31-12-29-20-21(25)27-11-28-22(20)31/h1-7,11-12,26,30H,8-10H2,(H2,25,27,28). The number of nitrogen functional groups attached to an aromatic ring is 1. The Labute approximate surface area is 188 Å². The fourth-order valence-electron chi connectivity index (χ4n) is 3.73. The molecule has 9 heteroatoms. The molecule has 0 amide bonds. The largest absolute Gasteiger partial charge is 0.382 e. The molecule has 156 valence electrons. The van der Waals surface area contributed by atoms with Gasteiger partial charge >= 0.3 is 0 Å². The van der Waals surface area contributed by atoms with Crippen molar-refractivity contribution in [1.82, 2.24) is 29.8 Å². The molecule has 3 aromatic heterocycles. The predicted molar refractivity (Wildman–Crippen MR) is 124 cm³/mol. The molecule has 0 aliphatic heterocycles. The Balaban J connectivity index is 1.40. The van der Waals surface area contributed by atoms with Gasteiger partial charge < -0.3 is 20.6 Å². The van der Waals surface area contributed by atoms with Crippen molar-refractivity contribution in [2.24, 2.45) is 0 Å². The first-order valence-corrected chi connectivity index (χ1v) is 10.5. The van der Waals surface area contributed by atoms with Crippen LogP contribution in [0.1, 0.15) is 16.8 Å². The van der Waals surface area contributed by atoms with Gasteiger partial charge in [0, 0.05) is 34.2 Å². The van der Waals surface area contributed by atoms with Gasteiger partial charge in [-0.1, -0.05) is 41.4 Å². The van der Waals surface area contributed by atoms with E-state index in [-0.39, 0.29) is 0 Å². The highest BCUT2D eigenvalue weighted by Gasteiger charge is 2.12. The number of anilines is 1. The lowest BCUT2D eigenvalue weighted by molar-refractivity contribution is 0.683. The van der Waals surface area contributed by atoms with E-state index in [0.29, 0.717) is 41.6 Å². The van der Waals surface area contributed by atoms with Gasteiger partial charge in [-0.25, -0.2) is 15.0 Å². The SMILES string of the molecule is Nc1ncnc2c1ncn2Cc1cc(Cl)cc2cc(CNCc3ccccc3Cl)[nH]c12. The molecule has 0 atom stereocenters. The minimum absolute atomic E-state index is 0.367. The second kappa shape index (κ2) is 8.19. The Kier molecular flexibility index (Phi) is 5.23. The van der Waals surface area contributed by atoms with Gasteiger partial charge in [0.2, 0.25) is 0 Å². The van der Waals surface area contributed by atoms with Crippen LogP contribution in [-0.4, -0.2) is 24.5 Å². The number of hydrogen-bond donors (Lipinski definition) is 3. The van der Waals surface area contributed by atoms with E-state index in [1.165, 1.54) is 6.33 Å². The third-order valence-electron chi connectivity index (χ3n) is 5.19. The average molecular weight is 452 g/mol. The summed E-state index contributed by atoms with van der Waals surface area (Å²) in [5.74, 6) is 0.367. The smallest absolute Gasteiger partial charge is 0.165 e. The molecule has 0 fully saturated rings. The Morgan fingerprint density at radius 2 is 1.87 bits per heavy atom. The van der Waals surface area contributed by atoms with E-state index >= 15 is 0 Å². The van der Waals surface area contributed by atoms with Crippen molar-refractivity contribution in [3.63, 3.8) is 0 Å². The van der Waals surface area contributed by atoms with Crippen molar-refractivity contribution in [2.45, 2.75) is 19.6 Å². The van der Waals surface area contributed by atoms with Crippen LogP contribution in [0.3, 0.4) is 0 Å². The maximum Gasteiger partial charge on any atom is 0.165 e. The molecule has 7 nitrogen and oxygen atoms in total. The summed E-state index contributed by atoms with van der Waals surface area (Å²) in [4.78, 5) is 16.2. The number of rotatable bonds is 6. The molecule has 0 spiro atoms. The van der Waals surface area contributed by atoms with Gasteiger partial charge in [-0.05, 0) is 35.4 Å². The van der Waals surface area contributed by atoms with Crippen LogP contribution in [0.4, 0.5) is 5.82 Å². The first kappa shape index (κ1) is 19.8. The highest BCUT2D eigenvalue weighted by atomic mass is 35.5. The molecule has 3 heterocycles. The lowest BCUT2D eigenvalue weighted by atomic mass is 10.1. The normalized spacial score (nSPS) is 11.5. The van der Waals surface area contributed by atoms with Crippen LogP contribution in [-0.2, 0) is 19.6 Å². The molecule has 5 rings (SSSR count). The van der Waals surface area contributed by atoms with Crippen LogP contribution in [0.5, 0.6) is 0 Å². The fraction of sp³-hybridized carbons (Fsp3) is 0.136. The average Bonchev–Trinajstić information content (AvgIpc) is 3.34. The first-order chi connectivity index (χ1) is 15.1. The first-order valence-electron chi connectivity index (χ1n) is 9.74. The van der Waals surface area contributed by atoms with E-state index in [1.54, 1.807) is 6.33 Å². The molecule has 2 aromatic carbocycles. The molecule has 0 unspecified atom stereocenters. The summed E-state index contributed by atoms with van der Waals surface area (Å²) in [5.41, 5.74) is 11.4. The van der Waals surface area contributed by atoms with Crippen molar-refractivity contribution in [2.75, 3.05) is 5.73 Å². The molecular formula is C22H19Cl2N7. The zero-order valence-corrected chi connectivity index (χ0v) is 18.0. The Bertz CT molecular complexity index is 1390. The van der Waals surface area contributed by atoms with Crippen LogP contribution in [0.25, 0.3) is 22.1 Å². The third kappa shape index (κ3) is 3.95. The summed E-state index contributed by atoms with van der Waals surface area (Å²) >= 11 is 12.6. The molecular weight excluding hydrogens is 433 g/mol. The number of fused-ring (bicyclic) bond motifs is 2. The minimum Gasteiger partial charge on any atom is -0.382 e. The predicted octanol–water partition coefficient (Wildman–Crippen LogP) is 4.53. The van der Waals surface area contributed by atoms with Gasteiger partial charge in [0.25, 0.3) is 0 Å². The van der Waals surface area contributed by atoms with Gasteiger partial charge in [-0.3, -0.25) is 0 Å². The van der Waals surface area contributed by atoms with Crippen molar-refractivity contribution >= 4 is 51.1 Å². The van der Waals surface area contributed by atoms with Crippen molar-refractivity contribution in [3.8, 4) is 0 Å². The molecule has 0 aliphatic carbocycles. The Morgan fingerprint density at radius 1 is 1.00 bits per heavy atom. The van der Waals surface area contributed by atoms with E-state index in [0.717, 1.165) is 32.7 Å². The summed E-state index contributed by atoms with van der Waals surface area (Å²) in [6.07, 6.45) is 3.16. The summed E-state index contributed by atoms with van der Waals surface area (Å²) in [7, 11) is 0. The number of imidazole rings is 1. The van der Waals surface area contributed by atoms with Crippen LogP contribution < -0.4 is 11.1 Å². The zero-order chi connectivity index (χ0) is 21.4. The number of aromatic nitrogens is 5. The molecule has 0 aliphatic rings. The number of nitrogens with two attached hydrogens (primary N) is 1. The number of nitrogens with zero attached hydrogens (tertiary/aromatic N) is 4. The van der Waals surface area contributed by atoms with Crippen LogP contribution in [0.15, 0.2) is 55.1 Å². The zero-order valence-electron chi connectivity index (χ0n) is 16.4. The molecule has 0 saturated carbocycles. The van der Waals surface area contributed by atoms with Crippen LogP contribution in [0.2, 0.25) is 10.0 Å². The fourth-order valence-corrected chi connectivity index (χ4v) is 4.18. The Morgan fingerprint density at radius 3 is 2.74 bits per heavy atom. The number of hydrogen-bond acceptors (Lipinski definition) is 5. The van der Waals surface area contributed by atoms with E-state index in [2.05, 4.69) is 31.3 Å². The van der Waals surface area contributed by atoms with Crippen molar-refractivity contribution < 1.29 is 0 Å². The molecule has 0 saturated heterocycles. The molecule has 5 aromatic rings. The molecule has 0 bridgehead atoms. The summed E-state index contributed by atoms with van der Waals surface area (Å²) in [6, 6.07) is 13.9. The number of nitrogens with one attached hydrogen (secondary N) is 2. The van der Waals surface area contributed by atoms with Gasteiger partial charge in [-0.15, -0.1) is 0 Å². The third-order valence-corrected chi connectivity index (χ3v) is 5.78. The van der Waals surface area contributed by atoms with Gasteiger partial charge in [0.05, 0.1) is 18.4 Å². The van der Waals surface area contributed by atoms with E-state index in [4.69, 9.17) is 28.9 Å². The van der Waals surface area contributed by atoms with E-state index in [9.17, 15) is 0 Å². The molecule has 4 N–H and O–H groups in total. The number of H-pyrrole nitrogens is 1. The molecule has 0 radical (unpaired) electrons. The summed E-state index contributed by atoms with van der Waals surface area (Å²) < 4.78 is 1.94. The molecule has 31 heavy (non-hydrogen) atoms. The number of aromatic amines is 1. The number of halogens is 2. The van der Waals surface area contributed by atoms with Crippen LogP contribution >= 0.6 is 23.2 Å². The van der Waals surface area contributed by atoms with Gasteiger partial charge in [-0.2, -0.15) is 0 Å². The number of benzene rings is 2. The Hall–Kier alpha value is -3.13. The van der Waals surface area contributed by atoms with E-state index < -0.39 is 0 Å². The van der Waals surface area contributed by atoms with Crippen molar-refractivity contribution in [1.29, 1.82) is 0 Å². The van der Waals surface area contributed by atoms with E-state index in [1.807, 2.05) is 41.0 Å². The van der Waals surface area contributed by atoms with Crippen LogP contribution in [0, 0.1) is 0 Å². The van der Waals surface area contributed by atoms with Gasteiger partial charge in [0.15, 0.2) is 11.5 Å². The quantitative estimate of drug-likeness (QED) is 0.352. The summed E-state index contributed by atoms with van der Waals surface area (Å²) in [5, 5.41) is 5.92. The lowest BCUT2D eigenvalue weighted by Gasteiger charge is -2.07. The maximum atomic E-state index is 6.40. The second-order valence-electron chi connectivity index (χ2n) is 7.32. The highest BCUT2D eigenvalue weighted by molar-refractivity contribution is 6.31. The summed E-state index contributed by atoms with van der Waals surface area (Å²) in [6.45, 7) is 1.91. The highest BCUT2D eigenvalue weighted by Crippen LogP contribution is 2.27. The van der Waals surface area contributed by atoms with Gasteiger partial charge in [0.1, 0.15) is 11.8 Å². The topological polar surface area (TPSA) is 97.4 Å². The maximum absolute atomic E-state index is 6.40. The lowest BCUT2D eigenvalue weighted by Crippen LogP contribution is -2.13. The van der Waals surface area contributed by atoms with Crippen molar-refractivity contribution in [3.05, 3.63) is 82.0 Å². The second-order valence-corrected chi connectivity index (χ2v) is 8.17. The monoisotopic (exact) mass is 451 g/mol. The minimum atomic E-state index is 0.367.